The first kappa shape index (κ1) is 73.2. The first-order chi connectivity index (χ1) is 37.8. The third kappa shape index (κ3) is 61.2. The fraction of sp³-hybridized carbons (Fsp3) is 0.642. The summed E-state index contributed by atoms with van der Waals surface area (Å²) < 4.78 is 33.0. The predicted octanol–water partition coefficient (Wildman–Crippen LogP) is 19.7. The largest absolute Gasteiger partial charge is 0.472 e. The van der Waals surface area contributed by atoms with E-state index in [4.69, 9.17) is 24.3 Å². The highest BCUT2D eigenvalue weighted by molar-refractivity contribution is 7.47. The van der Waals surface area contributed by atoms with Gasteiger partial charge in [-0.3, -0.25) is 18.6 Å². The van der Waals surface area contributed by atoms with Gasteiger partial charge >= 0.3 is 19.8 Å². The van der Waals surface area contributed by atoms with Crippen LogP contribution in [0.3, 0.4) is 0 Å². The molecule has 0 aliphatic heterocycles. The number of hydrogen-bond acceptors (Lipinski definition) is 8. The van der Waals surface area contributed by atoms with Crippen LogP contribution >= 0.6 is 7.82 Å². The molecule has 0 aromatic heterocycles. The Labute approximate surface area is 472 Å². The van der Waals surface area contributed by atoms with Gasteiger partial charge in [-0.15, -0.1) is 0 Å². The summed E-state index contributed by atoms with van der Waals surface area (Å²) in [7, 11) is -4.40. The Kier molecular flexibility index (Phi) is 58.3. The van der Waals surface area contributed by atoms with Crippen molar-refractivity contribution in [3.8, 4) is 0 Å². The van der Waals surface area contributed by atoms with E-state index in [9.17, 15) is 19.0 Å². The minimum atomic E-state index is -4.40. The van der Waals surface area contributed by atoms with Crippen molar-refractivity contribution < 1.29 is 37.6 Å². The molecule has 0 amide bonds. The molecule has 0 rings (SSSR count). The summed E-state index contributed by atoms with van der Waals surface area (Å²) in [6.45, 7) is 3.50. The molecule has 0 fully saturated rings. The number of phosphoric acid groups is 1. The number of esters is 2. The minimum Gasteiger partial charge on any atom is -0.462 e. The summed E-state index contributed by atoms with van der Waals surface area (Å²) in [6.07, 6.45) is 86.6. The Morgan fingerprint density at radius 1 is 0.390 bits per heavy atom. The highest BCUT2D eigenvalue weighted by Gasteiger charge is 2.26. The molecule has 0 radical (unpaired) electrons. The lowest BCUT2D eigenvalue weighted by Crippen LogP contribution is -2.29. The number of allylic oxidation sites excluding steroid dienone is 22. The highest BCUT2D eigenvalue weighted by Crippen LogP contribution is 2.43. The lowest BCUT2D eigenvalue weighted by Gasteiger charge is -2.19. The number of phosphoric ester groups is 1. The van der Waals surface area contributed by atoms with Crippen molar-refractivity contribution in [2.45, 2.75) is 251 Å². The number of ether oxygens (including phenoxy) is 2. The first-order valence-corrected chi connectivity index (χ1v) is 32.2. The lowest BCUT2D eigenvalue weighted by molar-refractivity contribution is -0.161. The van der Waals surface area contributed by atoms with E-state index in [2.05, 4.69) is 148 Å². The molecule has 0 spiro atoms. The first-order valence-electron chi connectivity index (χ1n) is 30.7. The fourth-order valence-electron chi connectivity index (χ4n) is 8.08. The second kappa shape index (κ2) is 61.4. The van der Waals surface area contributed by atoms with Gasteiger partial charge in [0.25, 0.3) is 0 Å². The van der Waals surface area contributed by atoms with Crippen molar-refractivity contribution in [3.05, 3.63) is 134 Å². The van der Waals surface area contributed by atoms with E-state index in [-0.39, 0.29) is 32.6 Å². The molecular formula is C67H112NO8P. The summed E-state index contributed by atoms with van der Waals surface area (Å²) in [5.41, 5.74) is 5.38. The molecule has 3 N–H and O–H groups in total. The average molecular weight is 1090 g/mol. The van der Waals surface area contributed by atoms with Crippen molar-refractivity contribution in [3.63, 3.8) is 0 Å². The number of carbonyl (C=O) groups excluding carboxylic acids is 2. The molecular weight excluding hydrogens is 978 g/mol. The Morgan fingerprint density at radius 3 is 1.00 bits per heavy atom. The van der Waals surface area contributed by atoms with Crippen LogP contribution in [0.2, 0.25) is 0 Å². The van der Waals surface area contributed by atoms with Gasteiger partial charge in [-0.2, -0.15) is 0 Å². The molecule has 0 aliphatic carbocycles. The van der Waals surface area contributed by atoms with Crippen LogP contribution in [-0.4, -0.2) is 49.3 Å². The molecule has 438 valence electrons. The van der Waals surface area contributed by atoms with Crippen LogP contribution in [0.15, 0.2) is 134 Å². The maximum atomic E-state index is 12.7. The normalized spacial score (nSPS) is 14.0. The zero-order valence-electron chi connectivity index (χ0n) is 48.9. The van der Waals surface area contributed by atoms with Gasteiger partial charge in [-0.1, -0.05) is 257 Å². The van der Waals surface area contributed by atoms with E-state index in [0.29, 0.717) is 12.8 Å². The average Bonchev–Trinajstić information content (AvgIpc) is 3.42. The van der Waals surface area contributed by atoms with Crippen molar-refractivity contribution in [2.24, 2.45) is 5.73 Å². The number of hydrogen-bond donors (Lipinski definition) is 2. The van der Waals surface area contributed by atoms with Crippen molar-refractivity contribution in [2.75, 3.05) is 26.4 Å². The zero-order chi connectivity index (χ0) is 55.9. The van der Waals surface area contributed by atoms with E-state index in [0.717, 1.165) is 128 Å². The number of unbranched alkanes of at least 4 members (excludes halogenated alkanes) is 21. The summed E-state index contributed by atoms with van der Waals surface area (Å²) in [4.78, 5) is 35.2. The van der Waals surface area contributed by atoms with Crippen LogP contribution in [0.25, 0.3) is 0 Å². The second-order valence-corrected chi connectivity index (χ2v) is 21.3. The Morgan fingerprint density at radius 2 is 0.675 bits per heavy atom. The molecule has 0 aromatic rings. The second-order valence-electron chi connectivity index (χ2n) is 19.8. The van der Waals surface area contributed by atoms with Crippen LogP contribution < -0.4 is 5.73 Å². The Bertz CT molecular complexity index is 1720. The lowest BCUT2D eigenvalue weighted by atomic mass is 10.0. The monoisotopic (exact) mass is 1090 g/mol. The molecule has 9 nitrogen and oxygen atoms in total. The van der Waals surface area contributed by atoms with Gasteiger partial charge in [0.15, 0.2) is 6.10 Å². The fourth-order valence-corrected chi connectivity index (χ4v) is 8.84. The van der Waals surface area contributed by atoms with Crippen molar-refractivity contribution >= 4 is 19.8 Å². The molecule has 0 aliphatic rings. The van der Waals surface area contributed by atoms with Crippen LogP contribution in [0, 0.1) is 0 Å². The quantitative estimate of drug-likeness (QED) is 0.0264. The molecule has 2 unspecified atom stereocenters. The minimum absolute atomic E-state index is 0.0456. The summed E-state index contributed by atoms with van der Waals surface area (Å²) >= 11 is 0. The van der Waals surface area contributed by atoms with E-state index in [1.165, 1.54) is 77.0 Å². The van der Waals surface area contributed by atoms with E-state index in [1.54, 1.807) is 0 Å². The van der Waals surface area contributed by atoms with Gasteiger partial charge < -0.3 is 20.1 Å². The molecule has 0 aromatic carbocycles. The molecule has 0 saturated carbocycles. The summed E-state index contributed by atoms with van der Waals surface area (Å²) in [5.74, 6) is -0.848. The predicted molar refractivity (Wildman–Crippen MR) is 330 cm³/mol. The van der Waals surface area contributed by atoms with Crippen LogP contribution in [-0.2, 0) is 32.7 Å². The Balaban J connectivity index is 3.94. The molecule has 77 heavy (non-hydrogen) atoms. The number of rotatable bonds is 56. The van der Waals surface area contributed by atoms with E-state index >= 15 is 0 Å². The smallest absolute Gasteiger partial charge is 0.462 e. The maximum absolute atomic E-state index is 12.7. The number of carbonyl (C=O) groups is 2. The van der Waals surface area contributed by atoms with Gasteiger partial charge in [0.1, 0.15) is 6.61 Å². The SMILES string of the molecule is CC/C=C\C/C=C\C/C=C\C/C=C\C/C=C\C/C=C\C/C=C\CCCCCCCCCCCCCCCCCC(=O)OC(COC(=O)CCCCCCCC/C=C\C/C=C\C/C=C\C/C=C\CC)COP(=O)(O)OCCN. The van der Waals surface area contributed by atoms with E-state index in [1.807, 2.05) is 0 Å². The van der Waals surface area contributed by atoms with Crippen LogP contribution in [0.5, 0.6) is 0 Å². The highest BCUT2D eigenvalue weighted by atomic mass is 31.2. The Hall–Kier alpha value is -3.85. The van der Waals surface area contributed by atoms with Gasteiger partial charge in [0, 0.05) is 19.4 Å². The third-order valence-corrected chi connectivity index (χ3v) is 13.5. The summed E-state index contributed by atoms with van der Waals surface area (Å²) in [5, 5.41) is 0. The number of nitrogens with two attached hydrogens (primary N) is 1. The zero-order valence-corrected chi connectivity index (χ0v) is 49.8. The third-order valence-electron chi connectivity index (χ3n) is 12.5. The molecule has 2 atom stereocenters. The molecule has 10 heteroatoms. The van der Waals surface area contributed by atoms with Gasteiger partial charge in [0.2, 0.25) is 0 Å². The van der Waals surface area contributed by atoms with Crippen LogP contribution in [0.4, 0.5) is 0 Å². The van der Waals surface area contributed by atoms with Crippen LogP contribution in [0.1, 0.15) is 245 Å². The molecule has 0 saturated heterocycles. The van der Waals surface area contributed by atoms with Crippen molar-refractivity contribution in [1.82, 2.24) is 0 Å². The maximum Gasteiger partial charge on any atom is 0.472 e. The topological polar surface area (TPSA) is 134 Å². The molecule has 0 bridgehead atoms. The van der Waals surface area contributed by atoms with Gasteiger partial charge in [-0.25, -0.2) is 4.57 Å². The molecule has 0 heterocycles. The van der Waals surface area contributed by atoms with Crippen molar-refractivity contribution in [1.29, 1.82) is 0 Å². The summed E-state index contributed by atoms with van der Waals surface area (Å²) in [6, 6.07) is 0. The van der Waals surface area contributed by atoms with E-state index < -0.39 is 32.5 Å². The van der Waals surface area contributed by atoms with Gasteiger partial charge in [0.05, 0.1) is 13.2 Å². The standard InChI is InChI=1S/C67H112NO8P/c1-3-5-7-9-11-13-15-17-19-21-23-24-25-26-27-28-29-30-31-32-33-34-35-36-37-38-39-40-42-44-46-48-50-52-54-56-58-60-67(70)76-65(64-75-77(71,72)74-62-61-68)63-73-66(69)59-57-55-53-51-49-47-45-43-41-22-20-18-16-14-12-10-8-6-4-2/h5-8,11-14,17-20,23-24,26-27,29-30,32-33,41,43,65H,3-4,9-10,15-16,21-22,25,28,31,34-40,42,44-64,68H2,1-2H3,(H,71,72)/b7-5-,8-6-,13-11-,14-12-,19-17-,20-18-,24-23-,27-26-,30-29-,33-32-,43-41-. The van der Waals surface area contributed by atoms with Gasteiger partial charge in [-0.05, 0) is 109 Å².